The van der Waals surface area contributed by atoms with Gasteiger partial charge in [-0.3, -0.25) is 4.79 Å². The van der Waals surface area contributed by atoms with E-state index in [0.717, 1.165) is 24.8 Å². The third-order valence-corrected chi connectivity index (χ3v) is 7.01. The average molecular weight is 407 g/mol. The molecule has 0 saturated carbocycles. The zero-order chi connectivity index (χ0) is 19.4. The molecule has 0 aliphatic carbocycles. The number of halogens is 1. The number of hydrogen-bond donors (Lipinski definition) is 1. The number of amides is 1. The lowest BCUT2D eigenvalue weighted by Gasteiger charge is -2.26. The lowest BCUT2D eigenvalue weighted by molar-refractivity contribution is 0.0940. The van der Waals surface area contributed by atoms with Crippen LogP contribution in [-0.2, 0) is 10.0 Å². The Morgan fingerprint density at radius 1 is 1.07 bits per heavy atom. The van der Waals surface area contributed by atoms with Gasteiger partial charge in [-0.05, 0) is 43.5 Å². The number of carbonyl (C=O) groups excluding carboxylic acids is 1. The van der Waals surface area contributed by atoms with Crippen LogP contribution in [0.15, 0.2) is 53.4 Å². The lowest BCUT2D eigenvalue weighted by atomic mass is 10.1. The molecule has 0 spiro atoms. The van der Waals surface area contributed by atoms with Crippen LogP contribution in [0.2, 0.25) is 5.02 Å². The average Bonchev–Trinajstić information content (AvgIpc) is 2.69. The van der Waals surface area contributed by atoms with Gasteiger partial charge in [0.1, 0.15) is 0 Å². The number of sulfonamides is 1. The first kappa shape index (κ1) is 19.9. The largest absolute Gasteiger partial charge is 0.345 e. The summed E-state index contributed by atoms with van der Waals surface area (Å²) in [6.07, 6.45) is 2.75. The molecule has 1 atom stereocenters. The summed E-state index contributed by atoms with van der Waals surface area (Å²) in [5, 5.41) is 3.11. The summed E-state index contributed by atoms with van der Waals surface area (Å²) < 4.78 is 27.2. The number of rotatable bonds is 5. The third kappa shape index (κ3) is 4.51. The van der Waals surface area contributed by atoms with E-state index in [4.69, 9.17) is 11.6 Å². The number of hydrogen-bond acceptors (Lipinski definition) is 3. The van der Waals surface area contributed by atoms with E-state index in [0.29, 0.717) is 13.1 Å². The zero-order valence-electron chi connectivity index (χ0n) is 15.2. The van der Waals surface area contributed by atoms with Crippen LogP contribution < -0.4 is 5.32 Å². The molecule has 3 rings (SSSR count). The van der Waals surface area contributed by atoms with Gasteiger partial charge in [-0.15, -0.1) is 0 Å². The minimum Gasteiger partial charge on any atom is -0.345 e. The van der Waals surface area contributed by atoms with Gasteiger partial charge >= 0.3 is 0 Å². The van der Waals surface area contributed by atoms with E-state index in [9.17, 15) is 13.2 Å². The van der Waals surface area contributed by atoms with Crippen molar-refractivity contribution in [2.45, 2.75) is 37.1 Å². The molecule has 1 saturated heterocycles. The van der Waals surface area contributed by atoms with Gasteiger partial charge in [0, 0.05) is 13.1 Å². The molecule has 1 amide bonds. The summed E-state index contributed by atoms with van der Waals surface area (Å²) in [6, 6.07) is 13.6. The number of piperidine rings is 1. The summed E-state index contributed by atoms with van der Waals surface area (Å²) in [7, 11) is -3.62. The fourth-order valence-corrected chi connectivity index (χ4v) is 4.94. The molecule has 2 aromatic carbocycles. The topological polar surface area (TPSA) is 66.5 Å². The first-order valence-electron chi connectivity index (χ1n) is 9.05. The SMILES string of the molecule is C[C@H](NC(=O)c1cc(S(=O)(=O)N2CCCCC2)ccc1Cl)c1ccccc1. The van der Waals surface area contributed by atoms with Gasteiger partial charge in [0.2, 0.25) is 10.0 Å². The van der Waals surface area contributed by atoms with Crippen LogP contribution >= 0.6 is 11.6 Å². The second-order valence-electron chi connectivity index (χ2n) is 6.71. The third-order valence-electron chi connectivity index (χ3n) is 4.78. The van der Waals surface area contributed by atoms with Crippen molar-refractivity contribution in [3.05, 3.63) is 64.7 Å². The molecular formula is C20H23ClN2O3S. The molecule has 1 fully saturated rings. The standard InChI is InChI=1S/C20H23ClN2O3S/c1-15(16-8-4-2-5-9-16)22-20(24)18-14-17(10-11-19(18)21)27(25,26)23-12-6-3-7-13-23/h2,4-5,8-11,14-15H,3,6-7,12-13H2,1H3,(H,22,24)/t15-/m0/s1. The Bertz CT molecular complexity index is 910. The van der Waals surface area contributed by atoms with Crippen molar-refractivity contribution in [1.29, 1.82) is 0 Å². The molecule has 0 bridgehead atoms. The summed E-state index contributed by atoms with van der Waals surface area (Å²) in [4.78, 5) is 12.8. The molecule has 0 radical (unpaired) electrons. The van der Waals surface area contributed by atoms with Crippen molar-refractivity contribution in [3.63, 3.8) is 0 Å². The molecule has 1 heterocycles. The normalized spacial score (nSPS) is 16.7. The number of nitrogens with one attached hydrogen (secondary N) is 1. The highest BCUT2D eigenvalue weighted by Gasteiger charge is 2.27. The first-order valence-corrected chi connectivity index (χ1v) is 10.9. The number of nitrogens with zero attached hydrogens (tertiary/aromatic N) is 1. The van der Waals surface area contributed by atoms with Crippen molar-refractivity contribution in [1.82, 2.24) is 9.62 Å². The minimum atomic E-state index is -3.62. The first-order chi connectivity index (χ1) is 12.9. The highest BCUT2D eigenvalue weighted by Crippen LogP contribution is 2.25. The summed E-state index contributed by atoms with van der Waals surface area (Å²) in [6.45, 7) is 2.89. The van der Waals surface area contributed by atoms with Crippen LogP contribution in [0, 0.1) is 0 Å². The fraction of sp³-hybridized carbons (Fsp3) is 0.350. The second-order valence-corrected chi connectivity index (χ2v) is 9.06. The van der Waals surface area contributed by atoms with Crippen LogP contribution in [0.4, 0.5) is 0 Å². The van der Waals surface area contributed by atoms with Crippen molar-refractivity contribution in [3.8, 4) is 0 Å². The van der Waals surface area contributed by atoms with Crippen molar-refractivity contribution in [2.75, 3.05) is 13.1 Å². The van der Waals surface area contributed by atoms with Crippen LogP contribution in [-0.4, -0.2) is 31.7 Å². The highest BCUT2D eigenvalue weighted by molar-refractivity contribution is 7.89. The van der Waals surface area contributed by atoms with Gasteiger partial charge in [0.05, 0.1) is 21.5 Å². The van der Waals surface area contributed by atoms with Crippen LogP contribution in [0.25, 0.3) is 0 Å². The minimum absolute atomic E-state index is 0.103. The molecule has 1 aliphatic rings. The fourth-order valence-electron chi connectivity index (χ4n) is 3.19. The summed E-state index contributed by atoms with van der Waals surface area (Å²) >= 11 is 6.19. The predicted molar refractivity (Wildman–Crippen MR) is 106 cm³/mol. The van der Waals surface area contributed by atoms with E-state index in [1.165, 1.54) is 22.5 Å². The number of benzene rings is 2. The number of carbonyl (C=O) groups is 1. The Morgan fingerprint density at radius 2 is 1.74 bits per heavy atom. The predicted octanol–water partition coefficient (Wildman–Crippen LogP) is 4.01. The maximum atomic E-state index is 12.9. The van der Waals surface area contributed by atoms with Gasteiger partial charge in [-0.2, -0.15) is 4.31 Å². The molecule has 1 aliphatic heterocycles. The van der Waals surface area contributed by atoms with Crippen LogP contribution in [0.1, 0.15) is 48.1 Å². The summed E-state index contributed by atoms with van der Waals surface area (Å²) in [5.74, 6) is -0.396. The van der Waals surface area contributed by atoms with E-state index < -0.39 is 15.9 Å². The molecular weight excluding hydrogens is 384 g/mol. The zero-order valence-corrected chi connectivity index (χ0v) is 16.8. The van der Waals surface area contributed by atoms with Crippen LogP contribution in [0.3, 0.4) is 0 Å². The molecule has 144 valence electrons. The Morgan fingerprint density at radius 3 is 2.41 bits per heavy atom. The molecule has 7 heteroatoms. The molecule has 0 unspecified atom stereocenters. The second kappa shape index (κ2) is 8.42. The van der Waals surface area contributed by atoms with Crippen LogP contribution in [0.5, 0.6) is 0 Å². The molecule has 27 heavy (non-hydrogen) atoms. The Kier molecular flexibility index (Phi) is 6.19. The van der Waals surface area contributed by atoms with Gasteiger partial charge in [-0.1, -0.05) is 48.4 Å². The van der Waals surface area contributed by atoms with Gasteiger partial charge in [0.25, 0.3) is 5.91 Å². The van der Waals surface area contributed by atoms with E-state index in [2.05, 4.69) is 5.32 Å². The Labute approximate surface area is 165 Å². The quantitative estimate of drug-likeness (QED) is 0.815. The smallest absolute Gasteiger partial charge is 0.253 e. The molecule has 5 nitrogen and oxygen atoms in total. The maximum Gasteiger partial charge on any atom is 0.253 e. The van der Waals surface area contributed by atoms with E-state index in [1.54, 1.807) is 0 Å². The van der Waals surface area contributed by atoms with Gasteiger partial charge < -0.3 is 5.32 Å². The van der Waals surface area contributed by atoms with E-state index in [1.807, 2.05) is 37.3 Å². The van der Waals surface area contributed by atoms with E-state index >= 15 is 0 Å². The lowest BCUT2D eigenvalue weighted by Crippen LogP contribution is -2.35. The van der Waals surface area contributed by atoms with Crippen molar-refractivity contribution < 1.29 is 13.2 Å². The highest BCUT2D eigenvalue weighted by atomic mass is 35.5. The van der Waals surface area contributed by atoms with E-state index in [-0.39, 0.29) is 21.5 Å². The Balaban J connectivity index is 1.83. The van der Waals surface area contributed by atoms with Crippen molar-refractivity contribution in [2.24, 2.45) is 0 Å². The maximum absolute atomic E-state index is 12.9. The molecule has 1 N–H and O–H groups in total. The van der Waals surface area contributed by atoms with Gasteiger partial charge in [0.15, 0.2) is 0 Å². The van der Waals surface area contributed by atoms with Gasteiger partial charge in [-0.25, -0.2) is 8.42 Å². The molecule has 0 aromatic heterocycles. The monoisotopic (exact) mass is 406 g/mol. The molecule has 2 aromatic rings. The summed E-state index contributed by atoms with van der Waals surface area (Å²) in [5.41, 5.74) is 1.12. The van der Waals surface area contributed by atoms with Crippen molar-refractivity contribution >= 4 is 27.5 Å². The Hall–Kier alpha value is -1.89.